The molecule has 3 rings (SSSR count). The summed E-state index contributed by atoms with van der Waals surface area (Å²) in [6.45, 7) is 0.844. The van der Waals surface area contributed by atoms with Crippen LogP contribution in [0.2, 0.25) is 0 Å². The number of anilines is 2. The van der Waals surface area contributed by atoms with Gasteiger partial charge < -0.3 is 18.9 Å². The van der Waals surface area contributed by atoms with E-state index in [2.05, 4.69) is 15.3 Å². The molecule has 0 bridgehead atoms. The monoisotopic (exact) mass is 477 g/mol. The average molecular weight is 477 g/mol. The van der Waals surface area contributed by atoms with Crippen molar-refractivity contribution in [1.29, 1.82) is 5.26 Å². The van der Waals surface area contributed by atoms with E-state index in [1.165, 1.54) is 44.6 Å². The standard InChI is InChI=1S/C22H25F2N5O5/c1-31-7-8-34-16-10-17(26-12-14(16)11-25)27-22(30)29-6-4-5-13-9-15(19(23)24)18(28-20(13)29)21(32-2)33-3/h9-10,12,19,21H,4-8H2,1-3H3,(H,26,27,30). The van der Waals surface area contributed by atoms with Gasteiger partial charge in [-0.05, 0) is 24.5 Å². The summed E-state index contributed by atoms with van der Waals surface area (Å²) in [5.41, 5.74) is 0.321. The summed E-state index contributed by atoms with van der Waals surface area (Å²) in [6, 6.07) is 4.19. The van der Waals surface area contributed by atoms with Crippen LogP contribution in [0.3, 0.4) is 0 Å². The molecule has 0 saturated carbocycles. The number of carbonyl (C=O) groups excluding carboxylic acids is 1. The molecule has 0 saturated heterocycles. The van der Waals surface area contributed by atoms with E-state index in [0.29, 0.717) is 31.6 Å². The van der Waals surface area contributed by atoms with Gasteiger partial charge in [0.1, 0.15) is 41.3 Å². The highest BCUT2D eigenvalue weighted by Crippen LogP contribution is 2.35. The van der Waals surface area contributed by atoms with Crippen molar-refractivity contribution in [2.24, 2.45) is 0 Å². The lowest BCUT2D eigenvalue weighted by atomic mass is 10.0. The first-order valence-electron chi connectivity index (χ1n) is 10.4. The van der Waals surface area contributed by atoms with Gasteiger partial charge in [0, 0.05) is 39.5 Å². The maximum atomic E-state index is 13.7. The number of nitrogens with one attached hydrogen (secondary N) is 1. The zero-order valence-electron chi connectivity index (χ0n) is 19.0. The lowest BCUT2D eigenvalue weighted by molar-refractivity contribution is -0.110. The Labute approximate surface area is 195 Å². The van der Waals surface area contributed by atoms with Crippen LogP contribution in [0.5, 0.6) is 5.75 Å². The fourth-order valence-electron chi connectivity index (χ4n) is 3.53. The van der Waals surface area contributed by atoms with Crippen LogP contribution in [-0.2, 0) is 20.6 Å². The number of methoxy groups -OCH3 is 3. The van der Waals surface area contributed by atoms with Gasteiger partial charge in [-0.3, -0.25) is 10.2 Å². The fraction of sp³-hybridized carbons (Fsp3) is 0.455. The van der Waals surface area contributed by atoms with Crippen LogP contribution in [0, 0.1) is 11.3 Å². The number of halogens is 2. The van der Waals surface area contributed by atoms with Crippen LogP contribution in [0.4, 0.5) is 25.2 Å². The number of ether oxygens (including phenoxy) is 4. The van der Waals surface area contributed by atoms with Crippen LogP contribution < -0.4 is 15.0 Å². The zero-order valence-corrected chi connectivity index (χ0v) is 19.0. The Balaban J connectivity index is 1.90. The third-order valence-corrected chi connectivity index (χ3v) is 5.12. The van der Waals surface area contributed by atoms with Crippen LogP contribution >= 0.6 is 0 Å². The van der Waals surface area contributed by atoms with Gasteiger partial charge in [-0.2, -0.15) is 5.26 Å². The van der Waals surface area contributed by atoms with Crippen molar-refractivity contribution in [2.75, 3.05) is 51.3 Å². The van der Waals surface area contributed by atoms with E-state index < -0.39 is 18.7 Å². The first-order valence-corrected chi connectivity index (χ1v) is 10.4. The van der Waals surface area contributed by atoms with E-state index in [4.69, 9.17) is 18.9 Å². The van der Waals surface area contributed by atoms with Crippen molar-refractivity contribution >= 4 is 17.7 Å². The second-order valence-electron chi connectivity index (χ2n) is 7.25. The number of carbonyl (C=O) groups is 1. The van der Waals surface area contributed by atoms with Gasteiger partial charge in [-0.1, -0.05) is 0 Å². The number of nitriles is 1. The number of aryl methyl sites for hydroxylation is 1. The molecule has 3 heterocycles. The molecule has 0 radical (unpaired) electrons. The number of nitrogens with zero attached hydrogens (tertiary/aromatic N) is 4. The topological polar surface area (TPSA) is 119 Å². The van der Waals surface area contributed by atoms with E-state index in [1.54, 1.807) is 0 Å². The number of hydrogen-bond donors (Lipinski definition) is 1. The van der Waals surface area contributed by atoms with E-state index in [-0.39, 0.29) is 40.8 Å². The third kappa shape index (κ3) is 5.56. The van der Waals surface area contributed by atoms with Gasteiger partial charge in [0.2, 0.25) is 6.29 Å². The number of hydrogen-bond acceptors (Lipinski definition) is 8. The maximum absolute atomic E-state index is 13.7. The highest BCUT2D eigenvalue weighted by atomic mass is 19.3. The summed E-state index contributed by atoms with van der Waals surface area (Å²) < 4.78 is 48.1. The molecule has 1 aliphatic rings. The molecular weight excluding hydrogens is 452 g/mol. The fourth-order valence-corrected chi connectivity index (χ4v) is 3.53. The highest BCUT2D eigenvalue weighted by Gasteiger charge is 2.30. The van der Waals surface area contributed by atoms with Crippen molar-refractivity contribution in [2.45, 2.75) is 25.6 Å². The molecule has 0 aliphatic carbocycles. The van der Waals surface area contributed by atoms with Crippen molar-refractivity contribution in [3.05, 3.63) is 40.7 Å². The predicted octanol–water partition coefficient (Wildman–Crippen LogP) is 3.59. The van der Waals surface area contributed by atoms with E-state index in [0.717, 1.165) is 0 Å². The van der Waals surface area contributed by atoms with Gasteiger partial charge in [-0.15, -0.1) is 0 Å². The molecular formula is C22H25F2N5O5. The Kier molecular flexibility index (Phi) is 8.64. The minimum atomic E-state index is -2.79. The molecule has 34 heavy (non-hydrogen) atoms. The maximum Gasteiger partial charge on any atom is 0.328 e. The van der Waals surface area contributed by atoms with Crippen LogP contribution in [-0.4, -0.2) is 57.1 Å². The normalized spacial score (nSPS) is 13.1. The average Bonchev–Trinajstić information content (AvgIpc) is 2.84. The van der Waals surface area contributed by atoms with Gasteiger partial charge in [0.25, 0.3) is 6.43 Å². The first-order chi connectivity index (χ1) is 16.4. The molecule has 10 nitrogen and oxygen atoms in total. The predicted molar refractivity (Wildman–Crippen MR) is 117 cm³/mol. The summed E-state index contributed by atoms with van der Waals surface area (Å²) in [4.78, 5) is 22.9. The van der Waals surface area contributed by atoms with Crippen molar-refractivity contribution in [3.63, 3.8) is 0 Å². The number of pyridine rings is 2. The van der Waals surface area contributed by atoms with Crippen LogP contribution in [0.1, 0.15) is 41.5 Å². The molecule has 1 N–H and O–H groups in total. The lowest BCUT2D eigenvalue weighted by Gasteiger charge is -2.30. The lowest BCUT2D eigenvalue weighted by Crippen LogP contribution is -2.40. The summed E-state index contributed by atoms with van der Waals surface area (Å²) in [5.74, 6) is 0.640. The Morgan fingerprint density at radius 2 is 2.03 bits per heavy atom. The highest BCUT2D eigenvalue weighted by molar-refractivity contribution is 6.01. The Bertz CT molecular complexity index is 1060. The number of alkyl halides is 2. The van der Waals surface area contributed by atoms with Crippen LogP contribution in [0.25, 0.3) is 0 Å². The van der Waals surface area contributed by atoms with Gasteiger partial charge in [0.05, 0.1) is 12.8 Å². The van der Waals surface area contributed by atoms with Crippen molar-refractivity contribution in [3.8, 4) is 11.8 Å². The van der Waals surface area contributed by atoms with Gasteiger partial charge >= 0.3 is 6.03 Å². The number of aromatic nitrogens is 2. The second-order valence-corrected chi connectivity index (χ2v) is 7.25. The van der Waals surface area contributed by atoms with Gasteiger partial charge in [-0.25, -0.2) is 23.5 Å². The first kappa shape index (κ1) is 25.2. The molecule has 0 atom stereocenters. The Morgan fingerprint density at radius 3 is 2.68 bits per heavy atom. The summed E-state index contributed by atoms with van der Waals surface area (Å²) >= 11 is 0. The summed E-state index contributed by atoms with van der Waals surface area (Å²) in [6.07, 6.45) is -1.57. The summed E-state index contributed by atoms with van der Waals surface area (Å²) in [5, 5.41) is 11.9. The molecule has 2 aromatic rings. The second kappa shape index (κ2) is 11.6. The summed E-state index contributed by atoms with van der Waals surface area (Å²) in [7, 11) is 4.16. The number of urea groups is 1. The minimum absolute atomic E-state index is 0.0937. The molecule has 0 spiro atoms. The van der Waals surface area contributed by atoms with Crippen molar-refractivity contribution in [1.82, 2.24) is 9.97 Å². The molecule has 2 amide bonds. The van der Waals surface area contributed by atoms with Crippen LogP contribution in [0.15, 0.2) is 18.3 Å². The third-order valence-electron chi connectivity index (χ3n) is 5.12. The smallest absolute Gasteiger partial charge is 0.328 e. The number of fused-ring (bicyclic) bond motifs is 1. The number of rotatable bonds is 9. The Hall–Kier alpha value is -3.40. The largest absolute Gasteiger partial charge is 0.490 e. The molecule has 2 aromatic heterocycles. The SMILES string of the molecule is COCCOc1cc(NC(=O)N2CCCc3cc(C(F)F)c(C(OC)OC)nc32)ncc1C#N. The zero-order chi connectivity index (χ0) is 24.7. The van der Waals surface area contributed by atoms with Crippen molar-refractivity contribution < 1.29 is 32.5 Å². The van der Waals surface area contributed by atoms with E-state index in [1.807, 2.05) is 6.07 Å². The molecule has 0 unspecified atom stereocenters. The minimum Gasteiger partial charge on any atom is -0.490 e. The quantitative estimate of drug-likeness (QED) is 0.430. The molecule has 0 aromatic carbocycles. The molecule has 12 heteroatoms. The van der Waals surface area contributed by atoms with Gasteiger partial charge in [0.15, 0.2) is 0 Å². The van der Waals surface area contributed by atoms with E-state index in [9.17, 15) is 18.8 Å². The Morgan fingerprint density at radius 1 is 1.26 bits per heavy atom. The molecule has 182 valence electrons. The molecule has 1 aliphatic heterocycles. The molecule has 0 fully saturated rings. The van der Waals surface area contributed by atoms with E-state index >= 15 is 0 Å². The number of amides is 2.